The van der Waals surface area contributed by atoms with Gasteiger partial charge in [0.05, 0.1) is 6.10 Å². The van der Waals surface area contributed by atoms with Crippen LogP contribution in [-0.4, -0.2) is 12.0 Å². The molecule has 3 nitrogen and oxygen atoms in total. The van der Waals surface area contributed by atoms with Crippen molar-refractivity contribution >= 4 is 5.91 Å². The Bertz CT molecular complexity index is 153. The van der Waals surface area contributed by atoms with Crippen molar-refractivity contribution in [3.8, 4) is 0 Å². The molecule has 0 unspecified atom stereocenters. The first-order valence-electron chi connectivity index (χ1n) is 4.36. The van der Waals surface area contributed by atoms with E-state index >= 15 is 0 Å². The van der Waals surface area contributed by atoms with Gasteiger partial charge in [-0.15, -0.1) is 0 Å². The van der Waals surface area contributed by atoms with Gasteiger partial charge in [0.15, 0.2) is 0 Å². The first-order chi connectivity index (χ1) is 5.40. The van der Waals surface area contributed by atoms with Crippen molar-refractivity contribution in [2.24, 2.45) is 5.41 Å². The van der Waals surface area contributed by atoms with E-state index in [0.717, 1.165) is 6.42 Å². The molecule has 0 aromatic heterocycles. The molecule has 1 N–H and O–H groups in total. The van der Waals surface area contributed by atoms with Gasteiger partial charge in [0.1, 0.15) is 0 Å². The van der Waals surface area contributed by atoms with Gasteiger partial charge in [-0.2, -0.15) is 0 Å². The molecular weight excluding hydrogens is 154 g/mol. The molecular formula is C9H19NO2. The Morgan fingerprint density at radius 1 is 1.50 bits per heavy atom. The van der Waals surface area contributed by atoms with Crippen molar-refractivity contribution < 1.29 is 9.63 Å². The SMILES string of the molecule is CCC(C)(C)C(=O)NOC(C)C. The molecule has 0 aliphatic carbocycles. The molecule has 0 fully saturated rings. The third kappa shape index (κ3) is 3.72. The molecule has 0 aliphatic rings. The Balaban J connectivity index is 3.88. The molecule has 0 aliphatic heterocycles. The van der Waals surface area contributed by atoms with Gasteiger partial charge >= 0.3 is 0 Å². The van der Waals surface area contributed by atoms with Crippen molar-refractivity contribution in [2.45, 2.75) is 47.1 Å². The highest BCUT2D eigenvalue weighted by atomic mass is 16.7. The highest BCUT2D eigenvalue weighted by Gasteiger charge is 2.25. The van der Waals surface area contributed by atoms with Crippen molar-refractivity contribution in [3.63, 3.8) is 0 Å². The van der Waals surface area contributed by atoms with Crippen LogP contribution >= 0.6 is 0 Å². The van der Waals surface area contributed by atoms with Crippen LogP contribution in [0.5, 0.6) is 0 Å². The number of hydrogen-bond acceptors (Lipinski definition) is 2. The molecule has 0 saturated carbocycles. The molecule has 0 bridgehead atoms. The quantitative estimate of drug-likeness (QED) is 0.659. The second-order valence-electron chi connectivity index (χ2n) is 3.84. The first-order valence-corrected chi connectivity index (χ1v) is 4.36. The first kappa shape index (κ1) is 11.4. The van der Waals surface area contributed by atoms with Gasteiger partial charge in [0.25, 0.3) is 0 Å². The Kier molecular flexibility index (Phi) is 4.24. The smallest absolute Gasteiger partial charge is 0.249 e. The maximum atomic E-state index is 11.4. The summed E-state index contributed by atoms with van der Waals surface area (Å²) in [5, 5.41) is 0. The Labute approximate surface area is 74.4 Å². The fraction of sp³-hybridized carbons (Fsp3) is 0.889. The molecule has 0 spiro atoms. The monoisotopic (exact) mass is 173 g/mol. The number of nitrogens with one attached hydrogen (secondary N) is 1. The Morgan fingerprint density at radius 3 is 2.33 bits per heavy atom. The zero-order chi connectivity index (χ0) is 9.78. The van der Waals surface area contributed by atoms with Gasteiger partial charge < -0.3 is 0 Å². The van der Waals surface area contributed by atoms with E-state index in [2.05, 4.69) is 5.48 Å². The van der Waals surface area contributed by atoms with Crippen LogP contribution in [0.15, 0.2) is 0 Å². The third-order valence-electron chi connectivity index (χ3n) is 1.89. The summed E-state index contributed by atoms with van der Waals surface area (Å²) in [6.07, 6.45) is 0.835. The lowest BCUT2D eigenvalue weighted by Gasteiger charge is -2.21. The van der Waals surface area contributed by atoms with Crippen LogP contribution in [0.2, 0.25) is 0 Å². The van der Waals surface area contributed by atoms with Crippen molar-refractivity contribution in [1.29, 1.82) is 0 Å². The van der Waals surface area contributed by atoms with Crippen molar-refractivity contribution in [2.75, 3.05) is 0 Å². The predicted octanol–water partition coefficient (Wildman–Crippen LogP) is 1.88. The average Bonchev–Trinajstić information content (AvgIpc) is 2.00. The average molecular weight is 173 g/mol. The van der Waals surface area contributed by atoms with Crippen LogP contribution in [0.4, 0.5) is 0 Å². The van der Waals surface area contributed by atoms with E-state index in [4.69, 9.17) is 4.84 Å². The molecule has 1 amide bonds. The van der Waals surface area contributed by atoms with Gasteiger partial charge in [0.2, 0.25) is 5.91 Å². The third-order valence-corrected chi connectivity index (χ3v) is 1.89. The van der Waals surface area contributed by atoms with E-state index in [1.807, 2.05) is 34.6 Å². The fourth-order valence-corrected chi connectivity index (χ4v) is 0.470. The molecule has 0 aromatic carbocycles. The number of hydroxylamine groups is 1. The largest absolute Gasteiger partial charge is 0.272 e. The van der Waals surface area contributed by atoms with Crippen LogP contribution in [0, 0.1) is 5.41 Å². The lowest BCUT2D eigenvalue weighted by molar-refractivity contribution is -0.146. The minimum atomic E-state index is -0.338. The van der Waals surface area contributed by atoms with E-state index in [1.54, 1.807) is 0 Å². The molecule has 12 heavy (non-hydrogen) atoms. The molecule has 0 radical (unpaired) electrons. The van der Waals surface area contributed by atoms with Gasteiger partial charge in [0, 0.05) is 5.41 Å². The maximum absolute atomic E-state index is 11.4. The van der Waals surface area contributed by atoms with E-state index < -0.39 is 0 Å². The number of carbonyl (C=O) groups excluding carboxylic acids is 1. The van der Waals surface area contributed by atoms with Gasteiger partial charge in [-0.3, -0.25) is 9.63 Å². The predicted molar refractivity (Wildman–Crippen MR) is 48.4 cm³/mol. The van der Waals surface area contributed by atoms with Crippen molar-refractivity contribution in [3.05, 3.63) is 0 Å². The lowest BCUT2D eigenvalue weighted by atomic mass is 9.90. The van der Waals surface area contributed by atoms with E-state index in [0.29, 0.717) is 0 Å². The number of amides is 1. The van der Waals surface area contributed by atoms with Crippen molar-refractivity contribution in [1.82, 2.24) is 5.48 Å². The summed E-state index contributed by atoms with van der Waals surface area (Å²) in [6, 6.07) is 0. The molecule has 3 heteroatoms. The number of rotatable bonds is 4. The minimum absolute atomic E-state index is 0.0293. The second-order valence-corrected chi connectivity index (χ2v) is 3.84. The van der Waals surface area contributed by atoms with E-state index in [9.17, 15) is 4.79 Å². The van der Waals surface area contributed by atoms with E-state index in [-0.39, 0.29) is 17.4 Å². The number of carbonyl (C=O) groups is 1. The molecule has 0 rings (SSSR count). The molecule has 72 valence electrons. The zero-order valence-electron chi connectivity index (χ0n) is 8.60. The summed E-state index contributed by atoms with van der Waals surface area (Å²) >= 11 is 0. The molecule has 0 heterocycles. The lowest BCUT2D eigenvalue weighted by Crippen LogP contribution is -2.37. The highest BCUT2D eigenvalue weighted by molar-refractivity contribution is 5.80. The van der Waals surface area contributed by atoms with E-state index in [1.165, 1.54) is 0 Å². The highest BCUT2D eigenvalue weighted by Crippen LogP contribution is 2.19. The normalized spacial score (nSPS) is 11.8. The maximum Gasteiger partial charge on any atom is 0.249 e. The van der Waals surface area contributed by atoms with Crippen LogP contribution in [0.25, 0.3) is 0 Å². The second kappa shape index (κ2) is 4.45. The summed E-state index contributed by atoms with van der Waals surface area (Å²) < 4.78 is 0. The Hall–Kier alpha value is -0.570. The zero-order valence-corrected chi connectivity index (χ0v) is 8.60. The van der Waals surface area contributed by atoms with Crippen LogP contribution in [0.1, 0.15) is 41.0 Å². The summed E-state index contributed by atoms with van der Waals surface area (Å²) in [5.74, 6) is -0.0568. The number of hydrogen-bond donors (Lipinski definition) is 1. The van der Waals surface area contributed by atoms with Gasteiger partial charge in [-0.25, -0.2) is 5.48 Å². The Morgan fingerprint density at radius 2 is 2.00 bits per heavy atom. The molecule has 0 atom stereocenters. The van der Waals surface area contributed by atoms with Crippen LogP contribution in [0.3, 0.4) is 0 Å². The molecule has 0 aromatic rings. The topological polar surface area (TPSA) is 38.3 Å². The summed E-state index contributed by atoms with van der Waals surface area (Å²) in [6.45, 7) is 9.52. The fourth-order valence-electron chi connectivity index (χ4n) is 0.470. The summed E-state index contributed by atoms with van der Waals surface area (Å²) in [4.78, 5) is 16.4. The van der Waals surface area contributed by atoms with Gasteiger partial charge in [-0.05, 0) is 20.3 Å². The standard InChI is InChI=1S/C9H19NO2/c1-6-9(4,5)8(11)10-12-7(2)3/h7H,6H2,1-5H3,(H,10,11). The van der Waals surface area contributed by atoms with Crippen LogP contribution < -0.4 is 5.48 Å². The van der Waals surface area contributed by atoms with Crippen LogP contribution in [-0.2, 0) is 9.63 Å². The minimum Gasteiger partial charge on any atom is -0.272 e. The molecule has 0 saturated heterocycles. The summed E-state index contributed by atoms with van der Waals surface area (Å²) in [5.41, 5.74) is 2.10. The van der Waals surface area contributed by atoms with Gasteiger partial charge in [-0.1, -0.05) is 20.8 Å². The summed E-state index contributed by atoms with van der Waals surface area (Å²) in [7, 11) is 0.